The van der Waals surface area contributed by atoms with Gasteiger partial charge in [0.15, 0.2) is 6.29 Å². The summed E-state index contributed by atoms with van der Waals surface area (Å²) >= 11 is 0. The van der Waals surface area contributed by atoms with Gasteiger partial charge in [-0.1, -0.05) is 0 Å². The molecule has 1 aliphatic rings. The summed E-state index contributed by atoms with van der Waals surface area (Å²) in [4.78, 5) is 0. The van der Waals surface area contributed by atoms with Crippen LogP contribution in [-0.4, -0.2) is 62.8 Å². The molecule has 6 heteroatoms. The van der Waals surface area contributed by atoms with Crippen LogP contribution in [-0.2, 0) is 4.74 Å². The number of aliphatic hydroxyl groups is 5. The van der Waals surface area contributed by atoms with Crippen molar-refractivity contribution in [2.75, 3.05) is 6.61 Å². The van der Waals surface area contributed by atoms with Crippen LogP contribution >= 0.6 is 0 Å². The minimum Gasteiger partial charge on any atom is -0.394 e. The van der Waals surface area contributed by atoms with Crippen LogP contribution in [0.15, 0.2) is 0 Å². The minimum atomic E-state index is -1.51. The van der Waals surface area contributed by atoms with Gasteiger partial charge in [-0.3, -0.25) is 0 Å². The van der Waals surface area contributed by atoms with Crippen molar-refractivity contribution in [3.8, 4) is 0 Å². The van der Waals surface area contributed by atoms with Gasteiger partial charge >= 0.3 is 0 Å². The topological polar surface area (TPSA) is 110 Å². The monoisotopic (exact) mass is 180 g/mol. The van der Waals surface area contributed by atoms with Gasteiger partial charge in [-0.05, 0) is 0 Å². The lowest BCUT2D eigenvalue weighted by molar-refractivity contribution is -0.150. The molecule has 0 aromatic carbocycles. The van der Waals surface area contributed by atoms with Crippen LogP contribution in [0, 0.1) is 0 Å². The van der Waals surface area contributed by atoms with E-state index in [1.165, 1.54) is 0 Å². The second kappa shape index (κ2) is 3.65. The third-order valence-corrected chi connectivity index (χ3v) is 1.84. The molecule has 0 saturated carbocycles. The third kappa shape index (κ3) is 1.58. The van der Waals surface area contributed by atoms with Crippen LogP contribution in [0.1, 0.15) is 0 Å². The first kappa shape index (κ1) is 9.85. The number of hydrogen-bond donors (Lipinski definition) is 5. The van der Waals surface area contributed by atoms with Gasteiger partial charge in [0.2, 0.25) is 0 Å². The molecular formula is C6H12O6. The van der Waals surface area contributed by atoms with E-state index < -0.39 is 37.3 Å². The SMILES string of the molecule is OC[C@H](O)[C@H]1O[C@@H](O)[C@@H](O)[C@H]1O. The molecule has 5 atom stereocenters. The van der Waals surface area contributed by atoms with Crippen molar-refractivity contribution in [3.63, 3.8) is 0 Å². The molecule has 0 radical (unpaired) electrons. The largest absolute Gasteiger partial charge is 0.394 e. The van der Waals surface area contributed by atoms with E-state index in [0.717, 1.165) is 0 Å². The third-order valence-electron chi connectivity index (χ3n) is 1.84. The van der Waals surface area contributed by atoms with Crippen molar-refractivity contribution in [1.29, 1.82) is 0 Å². The molecule has 5 N–H and O–H groups in total. The van der Waals surface area contributed by atoms with E-state index in [4.69, 9.17) is 25.5 Å². The first-order valence-electron chi connectivity index (χ1n) is 3.56. The summed E-state index contributed by atoms with van der Waals surface area (Å²) in [6.07, 6.45) is -6.75. The Morgan fingerprint density at radius 3 is 2.08 bits per heavy atom. The number of aliphatic hydroxyl groups excluding tert-OH is 5. The molecule has 1 aliphatic heterocycles. The fourth-order valence-corrected chi connectivity index (χ4v) is 1.11. The summed E-state index contributed by atoms with van der Waals surface area (Å²) in [7, 11) is 0. The van der Waals surface area contributed by atoms with Gasteiger partial charge in [0.25, 0.3) is 0 Å². The fraction of sp³-hybridized carbons (Fsp3) is 1.00. The highest BCUT2D eigenvalue weighted by Crippen LogP contribution is 2.21. The number of ether oxygens (including phenoxy) is 1. The quantitative estimate of drug-likeness (QED) is 0.306. The van der Waals surface area contributed by atoms with Crippen molar-refractivity contribution in [2.45, 2.75) is 30.7 Å². The van der Waals surface area contributed by atoms with Crippen LogP contribution in [0.3, 0.4) is 0 Å². The highest BCUT2D eigenvalue weighted by Gasteiger charge is 2.44. The van der Waals surface area contributed by atoms with Crippen LogP contribution in [0.5, 0.6) is 0 Å². The van der Waals surface area contributed by atoms with Gasteiger partial charge in [0, 0.05) is 0 Å². The Morgan fingerprint density at radius 1 is 1.17 bits per heavy atom. The van der Waals surface area contributed by atoms with Crippen LogP contribution in [0.25, 0.3) is 0 Å². The average Bonchev–Trinajstić information content (AvgIpc) is 2.32. The van der Waals surface area contributed by atoms with Gasteiger partial charge in [0.05, 0.1) is 6.61 Å². The van der Waals surface area contributed by atoms with E-state index in [2.05, 4.69) is 4.74 Å². The predicted octanol–water partition coefficient (Wildman–Crippen LogP) is -3.22. The maximum absolute atomic E-state index is 9.12. The van der Waals surface area contributed by atoms with Crippen molar-refractivity contribution in [3.05, 3.63) is 0 Å². The molecule has 72 valence electrons. The summed E-state index contributed by atoms with van der Waals surface area (Å²) in [6.45, 7) is -0.596. The summed E-state index contributed by atoms with van der Waals surface area (Å²) < 4.78 is 4.58. The van der Waals surface area contributed by atoms with Crippen molar-refractivity contribution in [1.82, 2.24) is 0 Å². The Balaban J connectivity index is 2.58. The summed E-state index contributed by atoms with van der Waals surface area (Å²) in [5.74, 6) is 0. The number of rotatable bonds is 2. The van der Waals surface area contributed by atoms with Gasteiger partial charge < -0.3 is 30.3 Å². The highest BCUT2D eigenvalue weighted by atomic mass is 16.6. The standard InChI is InChI=1S/C6H12O6/c7-1-2(8)5-3(9)4(10)6(11)12-5/h2-11H,1H2/t2-,3+,4-,5+,6+/m0/s1. The zero-order chi connectivity index (χ0) is 9.30. The highest BCUT2D eigenvalue weighted by molar-refractivity contribution is 4.89. The van der Waals surface area contributed by atoms with E-state index in [9.17, 15) is 0 Å². The van der Waals surface area contributed by atoms with Gasteiger partial charge in [0.1, 0.15) is 24.4 Å². The fourth-order valence-electron chi connectivity index (χ4n) is 1.11. The Hall–Kier alpha value is -0.240. The summed E-state index contributed by atoms with van der Waals surface area (Å²) in [5.41, 5.74) is 0. The Kier molecular flexibility index (Phi) is 2.99. The van der Waals surface area contributed by atoms with Crippen molar-refractivity contribution < 1.29 is 30.3 Å². The maximum atomic E-state index is 9.12. The minimum absolute atomic E-state index is 0.596. The second-order valence-corrected chi connectivity index (χ2v) is 2.72. The molecule has 1 saturated heterocycles. The molecule has 0 unspecified atom stereocenters. The molecule has 6 nitrogen and oxygen atoms in total. The molecule has 1 heterocycles. The average molecular weight is 180 g/mol. The van der Waals surface area contributed by atoms with E-state index in [1.807, 2.05) is 0 Å². The van der Waals surface area contributed by atoms with Crippen LogP contribution in [0.2, 0.25) is 0 Å². The maximum Gasteiger partial charge on any atom is 0.184 e. The molecule has 0 spiro atoms. The van der Waals surface area contributed by atoms with E-state index >= 15 is 0 Å². The molecule has 0 bridgehead atoms. The molecule has 0 amide bonds. The molecule has 1 rings (SSSR count). The van der Waals surface area contributed by atoms with Crippen LogP contribution < -0.4 is 0 Å². The lowest BCUT2D eigenvalue weighted by Crippen LogP contribution is -2.40. The lowest BCUT2D eigenvalue weighted by atomic mass is 10.1. The second-order valence-electron chi connectivity index (χ2n) is 2.72. The predicted molar refractivity (Wildman–Crippen MR) is 36.0 cm³/mol. The molecule has 1 fully saturated rings. The summed E-state index contributed by atoms with van der Waals surface area (Å²) in [6, 6.07) is 0. The first-order chi connectivity index (χ1) is 5.57. The first-order valence-corrected chi connectivity index (χ1v) is 3.56. The van der Waals surface area contributed by atoms with E-state index in [-0.39, 0.29) is 0 Å². The molecule has 12 heavy (non-hydrogen) atoms. The van der Waals surface area contributed by atoms with Gasteiger partial charge in [-0.25, -0.2) is 0 Å². The molecule has 0 aromatic rings. The van der Waals surface area contributed by atoms with E-state index in [1.54, 1.807) is 0 Å². The zero-order valence-electron chi connectivity index (χ0n) is 6.24. The molecule has 0 aromatic heterocycles. The molecule has 0 aliphatic carbocycles. The normalized spacial score (nSPS) is 44.8. The Morgan fingerprint density at radius 2 is 1.75 bits per heavy atom. The Bertz CT molecular complexity index is 151. The smallest absolute Gasteiger partial charge is 0.184 e. The molecular weight excluding hydrogens is 168 g/mol. The van der Waals surface area contributed by atoms with Crippen molar-refractivity contribution >= 4 is 0 Å². The Labute approximate surface area is 68.6 Å². The van der Waals surface area contributed by atoms with Crippen molar-refractivity contribution in [2.24, 2.45) is 0 Å². The lowest BCUT2D eigenvalue weighted by Gasteiger charge is -2.18. The van der Waals surface area contributed by atoms with Crippen LogP contribution in [0.4, 0.5) is 0 Å². The van der Waals surface area contributed by atoms with Gasteiger partial charge in [-0.2, -0.15) is 0 Å². The summed E-state index contributed by atoms with van der Waals surface area (Å²) in [5, 5.41) is 44.4. The zero-order valence-corrected chi connectivity index (χ0v) is 6.24. The van der Waals surface area contributed by atoms with E-state index in [0.29, 0.717) is 0 Å². The van der Waals surface area contributed by atoms with Gasteiger partial charge in [-0.15, -0.1) is 0 Å². The number of hydrogen-bond acceptors (Lipinski definition) is 6.